The second kappa shape index (κ2) is 6.93. The molecule has 0 bridgehead atoms. The van der Waals surface area contributed by atoms with Crippen LogP contribution in [0.4, 0.5) is 0 Å². The highest BCUT2D eigenvalue weighted by atomic mass is 16.7. The summed E-state index contributed by atoms with van der Waals surface area (Å²) in [6.07, 6.45) is 2.69. The van der Waals surface area contributed by atoms with Crippen LogP contribution in [0.2, 0.25) is 0 Å². The first-order chi connectivity index (χ1) is 11.8. The zero-order valence-corrected chi connectivity index (χ0v) is 13.6. The number of ether oxygens (including phenoxy) is 3. The average molecular weight is 326 g/mol. The molecule has 4 rings (SSSR count). The van der Waals surface area contributed by atoms with E-state index < -0.39 is 0 Å². The zero-order valence-electron chi connectivity index (χ0n) is 13.6. The summed E-state index contributed by atoms with van der Waals surface area (Å²) in [6, 6.07) is 14.0. The van der Waals surface area contributed by atoms with Crippen LogP contribution in [0.1, 0.15) is 47.6 Å². The van der Waals surface area contributed by atoms with E-state index in [4.69, 9.17) is 14.2 Å². The molecule has 2 aliphatic heterocycles. The Labute approximate surface area is 142 Å². The van der Waals surface area contributed by atoms with Crippen molar-refractivity contribution < 1.29 is 19.3 Å². The SMILES string of the molecule is OCc1ccc2c(c1)C(OC1CCCCO1)c1ccccc1CO2. The van der Waals surface area contributed by atoms with Crippen LogP contribution >= 0.6 is 0 Å². The van der Waals surface area contributed by atoms with Crippen molar-refractivity contribution in [2.75, 3.05) is 6.61 Å². The Morgan fingerprint density at radius 2 is 2.00 bits per heavy atom. The van der Waals surface area contributed by atoms with Crippen molar-refractivity contribution >= 4 is 0 Å². The summed E-state index contributed by atoms with van der Waals surface area (Å²) in [6.45, 7) is 1.27. The smallest absolute Gasteiger partial charge is 0.158 e. The molecule has 2 aromatic rings. The Morgan fingerprint density at radius 3 is 2.83 bits per heavy atom. The molecule has 0 aliphatic carbocycles. The molecule has 2 aromatic carbocycles. The Morgan fingerprint density at radius 1 is 1.08 bits per heavy atom. The van der Waals surface area contributed by atoms with E-state index in [9.17, 15) is 5.11 Å². The van der Waals surface area contributed by atoms with E-state index >= 15 is 0 Å². The zero-order chi connectivity index (χ0) is 16.4. The van der Waals surface area contributed by atoms with Gasteiger partial charge in [-0.2, -0.15) is 0 Å². The summed E-state index contributed by atoms with van der Waals surface area (Å²) < 4.78 is 18.2. The minimum atomic E-state index is -0.242. The molecule has 0 saturated carbocycles. The van der Waals surface area contributed by atoms with Crippen LogP contribution in [-0.2, 0) is 22.7 Å². The van der Waals surface area contributed by atoms with Gasteiger partial charge in [0.1, 0.15) is 18.5 Å². The monoisotopic (exact) mass is 326 g/mol. The molecule has 2 heterocycles. The van der Waals surface area contributed by atoms with Crippen molar-refractivity contribution in [1.82, 2.24) is 0 Å². The normalized spacial score (nSPS) is 22.9. The second-order valence-electron chi connectivity index (χ2n) is 6.33. The molecule has 0 radical (unpaired) electrons. The lowest BCUT2D eigenvalue weighted by Crippen LogP contribution is -2.25. The van der Waals surface area contributed by atoms with E-state index in [1.165, 1.54) is 0 Å². The Kier molecular flexibility index (Phi) is 4.52. The lowest BCUT2D eigenvalue weighted by atomic mass is 9.96. The third-order valence-electron chi connectivity index (χ3n) is 4.69. The van der Waals surface area contributed by atoms with Gasteiger partial charge < -0.3 is 19.3 Å². The summed E-state index contributed by atoms with van der Waals surface area (Å²) >= 11 is 0. The van der Waals surface area contributed by atoms with Crippen LogP contribution in [0.15, 0.2) is 42.5 Å². The molecule has 2 atom stereocenters. The second-order valence-corrected chi connectivity index (χ2v) is 6.33. The highest BCUT2D eigenvalue weighted by Gasteiger charge is 2.29. The topological polar surface area (TPSA) is 47.9 Å². The number of aliphatic hydroxyl groups is 1. The number of fused-ring (bicyclic) bond motifs is 2. The van der Waals surface area contributed by atoms with Crippen LogP contribution in [0, 0.1) is 0 Å². The highest BCUT2D eigenvalue weighted by molar-refractivity contribution is 5.47. The first-order valence-corrected chi connectivity index (χ1v) is 8.56. The van der Waals surface area contributed by atoms with Gasteiger partial charge in [-0.1, -0.05) is 30.3 Å². The van der Waals surface area contributed by atoms with Crippen molar-refractivity contribution in [2.24, 2.45) is 0 Å². The van der Waals surface area contributed by atoms with Gasteiger partial charge in [-0.25, -0.2) is 0 Å². The van der Waals surface area contributed by atoms with Crippen molar-refractivity contribution in [2.45, 2.75) is 44.9 Å². The summed E-state index contributed by atoms with van der Waals surface area (Å²) in [7, 11) is 0. The molecule has 4 nitrogen and oxygen atoms in total. The van der Waals surface area contributed by atoms with Gasteiger partial charge in [-0.15, -0.1) is 0 Å². The molecule has 0 spiro atoms. The quantitative estimate of drug-likeness (QED) is 0.934. The van der Waals surface area contributed by atoms with E-state index in [1.54, 1.807) is 0 Å². The van der Waals surface area contributed by atoms with E-state index in [-0.39, 0.29) is 19.0 Å². The van der Waals surface area contributed by atoms with Gasteiger partial charge >= 0.3 is 0 Å². The van der Waals surface area contributed by atoms with Gasteiger partial charge in [0, 0.05) is 12.2 Å². The summed E-state index contributed by atoms with van der Waals surface area (Å²) in [4.78, 5) is 0. The van der Waals surface area contributed by atoms with Gasteiger partial charge in [-0.05, 0) is 48.1 Å². The molecule has 1 fully saturated rings. The molecule has 0 amide bonds. The lowest BCUT2D eigenvalue weighted by Gasteiger charge is -2.28. The van der Waals surface area contributed by atoms with Crippen molar-refractivity contribution in [3.05, 3.63) is 64.7 Å². The Hall–Kier alpha value is -1.88. The molecular weight excluding hydrogens is 304 g/mol. The van der Waals surface area contributed by atoms with Crippen LogP contribution < -0.4 is 4.74 Å². The number of benzene rings is 2. The van der Waals surface area contributed by atoms with Crippen LogP contribution in [0.25, 0.3) is 0 Å². The molecule has 1 N–H and O–H groups in total. The third-order valence-corrected chi connectivity index (χ3v) is 4.69. The first-order valence-electron chi connectivity index (χ1n) is 8.56. The standard InChI is InChI=1S/C20H22O4/c21-12-14-8-9-18-17(11-14)20(24-19-7-3-4-10-22-19)16-6-2-1-5-15(16)13-23-18/h1-2,5-6,8-9,11,19-21H,3-4,7,10,12-13H2. The Bertz CT molecular complexity index is 707. The van der Waals surface area contributed by atoms with Crippen LogP contribution in [0.3, 0.4) is 0 Å². The van der Waals surface area contributed by atoms with E-state index in [0.717, 1.165) is 53.9 Å². The molecule has 2 unspecified atom stereocenters. The molecule has 4 heteroatoms. The fraction of sp³-hybridized carbons (Fsp3) is 0.400. The van der Waals surface area contributed by atoms with E-state index in [1.807, 2.05) is 30.3 Å². The fourth-order valence-corrected chi connectivity index (χ4v) is 3.39. The number of hydrogen-bond donors (Lipinski definition) is 1. The molecule has 0 aromatic heterocycles. The lowest BCUT2D eigenvalue weighted by molar-refractivity contribution is -0.181. The largest absolute Gasteiger partial charge is 0.488 e. The highest BCUT2D eigenvalue weighted by Crippen LogP contribution is 2.40. The fourth-order valence-electron chi connectivity index (χ4n) is 3.39. The van der Waals surface area contributed by atoms with Gasteiger partial charge in [-0.3, -0.25) is 0 Å². The summed E-state index contributed by atoms with van der Waals surface area (Å²) in [5.41, 5.74) is 4.05. The number of hydrogen-bond acceptors (Lipinski definition) is 4. The molecule has 1 saturated heterocycles. The van der Waals surface area contributed by atoms with Crippen LogP contribution in [0.5, 0.6) is 5.75 Å². The molecule has 24 heavy (non-hydrogen) atoms. The van der Waals surface area contributed by atoms with E-state index in [0.29, 0.717) is 6.61 Å². The maximum Gasteiger partial charge on any atom is 0.158 e. The minimum Gasteiger partial charge on any atom is -0.488 e. The number of rotatable bonds is 3. The predicted octanol–water partition coefficient (Wildman–Crippen LogP) is 3.70. The van der Waals surface area contributed by atoms with E-state index in [2.05, 4.69) is 12.1 Å². The van der Waals surface area contributed by atoms with Crippen molar-refractivity contribution in [3.63, 3.8) is 0 Å². The van der Waals surface area contributed by atoms with Gasteiger partial charge in [0.2, 0.25) is 0 Å². The van der Waals surface area contributed by atoms with Gasteiger partial charge in [0.05, 0.1) is 6.61 Å². The van der Waals surface area contributed by atoms with Crippen LogP contribution in [-0.4, -0.2) is 18.0 Å². The molecule has 126 valence electrons. The molecule has 2 aliphatic rings. The van der Waals surface area contributed by atoms with Crippen molar-refractivity contribution in [1.29, 1.82) is 0 Å². The molecular formula is C20H22O4. The first kappa shape index (κ1) is 15.6. The summed E-state index contributed by atoms with van der Waals surface area (Å²) in [5, 5.41) is 9.51. The van der Waals surface area contributed by atoms with Gasteiger partial charge in [0.15, 0.2) is 6.29 Å². The Balaban J connectivity index is 1.76. The average Bonchev–Trinajstić information content (AvgIpc) is 2.80. The van der Waals surface area contributed by atoms with Gasteiger partial charge in [0.25, 0.3) is 0 Å². The third kappa shape index (κ3) is 3.05. The predicted molar refractivity (Wildman–Crippen MR) is 89.7 cm³/mol. The minimum absolute atomic E-state index is 0.00156. The maximum absolute atomic E-state index is 9.51. The number of aliphatic hydroxyl groups excluding tert-OH is 1. The summed E-state index contributed by atoms with van der Waals surface area (Å²) in [5.74, 6) is 0.809. The van der Waals surface area contributed by atoms with Crippen molar-refractivity contribution in [3.8, 4) is 5.75 Å². The maximum atomic E-state index is 9.51.